The van der Waals surface area contributed by atoms with Crippen molar-refractivity contribution >= 4 is 17.6 Å². The molecular weight excluding hydrogens is 238 g/mol. The molecule has 1 aliphatic rings. The van der Waals surface area contributed by atoms with Crippen LogP contribution in [0.1, 0.15) is 19.3 Å². The van der Waals surface area contributed by atoms with E-state index >= 15 is 0 Å². The molecule has 0 aliphatic carbocycles. The zero-order valence-electron chi connectivity index (χ0n) is 9.83. The van der Waals surface area contributed by atoms with Crippen molar-refractivity contribution in [3.63, 3.8) is 0 Å². The van der Waals surface area contributed by atoms with E-state index in [1.165, 1.54) is 6.20 Å². The first kappa shape index (κ1) is 12.6. The maximum Gasteiger partial charge on any atom is 0.312 e. The third kappa shape index (κ3) is 3.56. The second kappa shape index (κ2) is 5.63. The molecule has 18 heavy (non-hydrogen) atoms. The highest BCUT2D eigenvalue weighted by Crippen LogP contribution is 2.14. The second-order valence-electron chi connectivity index (χ2n) is 4.20. The van der Waals surface area contributed by atoms with Crippen LogP contribution in [-0.4, -0.2) is 39.5 Å². The van der Waals surface area contributed by atoms with Gasteiger partial charge in [0, 0.05) is 12.8 Å². The van der Waals surface area contributed by atoms with E-state index in [4.69, 9.17) is 9.84 Å². The molecule has 2 rings (SSSR count). The van der Waals surface area contributed by atoms with Crippen LogP contribution in [0.4, 0.5) is 5.69 Å². The minimum Gasteiger partial charge on any atom is -0.481 e. The van der Waals surface area contributed by atoms with Gasteiger partial charge < -0.3 is 15.2 Å². The minimum absolute atomic E-state index is 0.174. The zero-order valence-corrected chi connectivity index (χ0v) is 9.83. The predicted molar refractivity (Wildman–Crippen MR) is 62.1 cm³/mol. The molecule has 0 radical (unpaired) electrons. The molecule has 2 N–H and O–H groups in total. The minimum atomic E-state index is -1.15. The Hall–Kier alpha value is -1.89. The van der Waals surface area contributed by atoms with Crippen molar-refractivity contribution in [2.75, 3.05) is 11.9 Å². The Bertz CT molecular complexity index is 437. The monoisotopic (exact) mass is 253 g/mol. The van der Waals surface area contributed by atoms with Crippen molar-refractivity contribution in [1.82, 2.24) is 9.78 Å². The van der Waals surface area contributed by atoms with E-state index in [2.05, 4.69) is 10.4 Å². The first-order valence-corrected chi connectivity index (χ1v) is 5.79. The van der Waals surface area contributed by atoms with Gasteiger partial charge in [0.2, 0.25) is 5.91 Å². The lowest BCUT2D eigenvalue weighted by atomic mass is 10.2. The molecule has 1 atom stereocenters. The number of aromatic nitrogens is 2. The van der Waals surface area contributed by atoms with Crippen LogP contribution in [0.25, 0.3) is 0 Å². The molecule has 1 fully saturated rings. The van der Waals surface area contributed by atoms with Gasteiger partial charge >= 0.3 is 5.97 Å². The molecule has 1 aliphatic heterocycles. The fraction of sp³-hybridized carbons (Fsp3) is 0.545. The highest BCUT2D eigenvalue weighted by Gasteiger charge is 2.16. The number of ether oxygens (including phenoxy) is 1. The third-order valence-corrected chi connectivity index (χ3v) is 2.64. The van der Waals surface area contributed by atoms with Crippen molar-refractivity contribution in [3.8, 4) is 0 Å². The smallest absolute Gasteiger partial charge is 0.312 e. The SMILES string of the molecule is O=C(O)CC(=O)Nc1cnn(CC2CCCO2)c1. The first-order valence-electron chi connectivity index (χ1n) is 5.79. The topological polar surface area (TPSA) is 93.5 Å². The largest absolute Gasteiger partial charge is 0.481 e. The molecule has 1 saturated heterocycles. The van der Waals surface area contributed by atoms with Crippen LogP contribution < -0.4 is 5.32 Å². The number of carbonyl (C=O) groups excluding carboxylic acids is 1. The number of carboxylic acids is 1. The fourth-order valence-corrected chi connectivity index (χ4v) is 1.87. The third-order valence-electron chi connectivity index (χ3n) is 2.64. The van der Waals surface area contributed by atoms with Crippen LogP contribution in [-0.2, 0) is 20.9 Å². The Balaban J connectivity index is 1.85. The van der Waals surface area contributed by atoms with Crippen molar-refractivity contribution in [3.05, 3.63) is 12.4 Å². The molecule has 1 amide bonds. The van der Waals surface area contributed by atoms with Crippen LogP contribution in [0.15, 0.2) is 12.4 Å². The van der Waals surface area contributed by atoms with E-state index in [-0.39, 0.29) is 6.10 Å². The van der Waals surface area contributed by atoms with Gasteiger partial charge in [0.15, 0.2) is 0 Å². The summed E-state index contributed by atoms with van der Waals surface area (Å²) in [6, 6.07) is 0. The molecule has 0 bridgehead atoms. The maximum atomic E-state index is 11.2. The van der Waals surface area contributed by atoms with Gasteiger partial charge in [0.25, 0.3) is 0 Å². The number of carbonyl (C=O) groups is 2. The molecule has 7 heteroatoms. The quantitative estimate of drug-likeness (QED) is 0.744. The molecule has 98 valence electrons. The lowest BCUT2D eigenvalue weighted by Gasteiger charge is -2.08. The molecule has 1 unspecified atom stereocenters. The number of aliphatic carboxylic acids is 1. The van der Waals surface area contributed by atoms with Gasteiger partial charge in [-0.05, 0) is 12.8 Å². The van der Waals surface area contributed by atoms with E-state index in [1.54, 1.807) is 10.9 Å². The lowest BCUT2D eigenvalue weighted by molar-refractivity contribution is -0.139. The van der Waals surface area contributed by atoms with E-state index in [9.17, 15) is 9.59 Å². The van der Waals surface area contributed by atoms with Gasteiger partial charge in [0.1, 0.15) is 6.42 Å². The van der Waals surface area contributed by atoms with Crippen LogP contribution in [0, 0.1) is 0 Å². The number of hydrogen-bond donors (Lipinski definition) is 2. The Morgan fingerprint density at radius 3 is 3.11 bits per heavy atom. The maximum absolute atomic E-state index is 11.2. The number of nitrogens with zero attached hydrogens (tertiary/aromatic N) is 2. The standard InChI is InChI=1S/C11H15N3O4/c15-10(4-11(16)17)13-8-5-12-14(6-8)7-9-2-1-3-18-9/h5-6,9H,1-4,7H2,(H,13,15)(H,16,17). The lowest BCUT2D eigenvalue weighted by Crippen LogP contribution is -2.16. The normalized spacial score (nSPS) is 18.8. The Morgan fingerprint density at radius 2 is 2.44 bits per heavy atom. The van der Waals surface area contributed by atoms with Gasteiger partial charge in [0.05, 0.1) is 24.5 Å². The summed E-state index contributed by atoms with van der Waals surface area (Å²) in [5.74, 6) is -1.71. The average molecular weight is 253 g/mol. The number of nitrogens with one attached hydrogen (secondary N) is 1. The summed E-state index contributed by atoms with van der Waals surface area (Å²) in [5, 5.41) is 15.0. The Labute approximate surface area is 104 Å². The van der Waals surface area contributed by atoms with Gasteiger partial charge in [-0.25, -0.2) is 0 Å². The van der Waals surface area contributed by atoms with Crippen molar-refractivity contribution in [2.45, 2.75) is 31.9 Å². The van der Waals surface area contributed by atoms with Crippen LogP contribution in [0.5, 0.6) is 0 Å². The van der Waals surface area contributed by atoms with E-state index in [0.29, 0.717) is 12.2 Å². The average Bonchev–Trinajstić information content (AvgIpc) is 2.89. The molecular formula is C11H15N3O4. The van der Waals surface area contributed by atoms with Gasteiger partial charge in [-0.15, -0.1) is 0 Å². The molecule has 0 saturated carbocycles. The summed E-state index contributed by atoms with van der Waals surface area (Å²) in [5.41, 5.74) is 0.499. The summed E-state index contributed by atoms with van der Waals surface area (Å²) < 4.78 is 7.16. The van der Waals surface area contributed by atoms with E-state index in [1.807, 2.05) is 0 Å². The van der Waals surface area contributed by atoms with Gasteiger partial charge in [-0.2, -0.15) is 5.10 Å². The first-order chi connectivity index (χ1) is 8.63. The van der Waals surface area contributed by atoms with E-state index in [0.717, 1.165) is 19.4 Å². The number of hydrogen-bond acceptors (Lipinski definition) is 4. The summed E-state index contributed by atoms with van der Waals surface area (Å²) in [6.07, 6.45) is 4.87. The van der Waals surface area contributed by atoms with Crippen molar-refractivity contribution < 1.29 is 19.4 Å². The fourth-order valence-electron chi connectivity index (χ4n) is 1.87. The van der Waals surface area contributed by atoms with Gasteiger partial charge in [-0.1, -0.05) is 0 Å². The summed E-state index contributed by atoms with van der Waals surface area (Å²) in [6.45, 7) is 1.43. The molecule has 1 aromatic heterocycles. The second-order valence-corrected chi connectivity index (χ2v) is 4.20. The Morgan fingerprint density at radius 1 is 1.61 bits per heavy atom. The number of amides is 1. The molecule has 0 spiro atoms. The van der Waals surface area contributed by atoms with E-state index < -0.39 is 18.3 Å². The van der Waals surface area contributed by atoms with Crippen LogP contribution in [0.2, 0.25) is 0 Å². The van der Waals surface area contributed by atoms with Crippen molar-refractivity contribution in [2.24, 2.45) is 0 Å². The molecule has 0 aromatic carbocycles. The highest BCUT2D eigenvalue weighted by atomic mass is 16.5. The van der Waals surface area contributed by atoms with Crippen LogP contribution in [0.3, 0.4) is 0 Å². The molecule has 7 nitrogen and oxygen atoms in total. The summed E-state index contributed by atoms with van der Waals surface area (Å²) in [7, 11) is 0. The number of rotatable bonds is 5. The number of anilines is 1. The zero-order chi connectivity index (χ0) is 13.0. The predicted octanol–water partition coefficient (Wildman–Crippen LogP) is 0.475. The highest BCUT2D eigenvalue weighted by molar-refractivity contribution is 6.01. The number of carboxylic acid groups (broad SMARTS) is 1. The Kier molecular flexibility index (Phi) is 3.93. The van der Waals surface area contributed by atoms with Gasteiger partial charge in [-0.3, -0.25) is 14.3 Å². The molecule has 1 aromatic rings. The van der Waals surface area contributed by atoms with Crippen molar-refractivity contribution in [1.29, 1.82) is 0 Å². The summed E-state index contributed by atoms with van der Waals surface area (Å²) in [4.78, 5) is 21.6. The molecule has 2 heterocycles. The summed E-state index contributed by atoms with van der Waals surface area (Å²) >= 11 is 0. The van der Waals surface area contributed by atoms with Crippen LogP contribution >= 0.6 is 0 Å².